The minimum atomic E-state index is -0.161. The number of nitrogens with zero attached hydrogens (tertiary/aromatic N) is 1. The molecule has 0 saturated heterocycles. The number of thiazole rings is 1. The summed E-state index contributed by atoms with van der Waals surface area (Å²) >= 11 is 1.79. The fourth-order valence-corrected chi connectivity index (χ4v) is 8.71. The average molecular weight is 659 g/mol. The molecule has 2 aromatic carbocycles. The lowest BCUT2D eigenvalue weighted by atomic mass is 9.71. The van der Waals surface area contributed by atoms with Crippen molar-refractivity contribution in [2.45, 2.75) is 95.1 Å². The van der Waals surface area contributed by atoms with Crippen LogP contribution < -0.4 is 21.1 Å². The number of hydrogen-bond donors (Lipinski definition) is 3. The molecule has 4 unspecified atom stereocenters. The number of aromatic nitrogens is 1. The smallest absolute Gasteiger partial charge is 0.246 e. The normalized spacial score (nSPS) is 22.4. The summed E-state index contributed by atoms with van der Waals surface area (Å²) in [6.45, 7) is 2.75. The van der Waals surface area contributed by atoms with Gasteiger partial charge in [-0.1, -0.05) is 49.6 Å². The predicted octanol–water partition coefficient (Wildman–Crippen LogP) is 6.79. The van der Waals surface area contributed by atoms with Gasteiger partial charge >= 0.3 is 0 Å². The van der Waals surface area contributed by atoms with Crippen molar-refractivity contribution in [3.05, 3.63) is 70.4 Å². The van der Waals surface area contributed by atoms with Crippen molar-refractivity contribution in [3.8, 4) is 16.2 Å². The lowest BCUT2D eigenvalue weighted by Gasteiger charge is -2.41. The largest absolute Gasteiger partial charge is 0.496 e. The number of methoxy groups -OCH3 is 1. The number of ether oxygens (including phenoxy) is 2. The van der Waals surface area contributed by atoms with Crippen LogP contribution in [-0.4, -0.2) is 49.7 Å². The highest BCUT2D eigenvalue weighted by atomic mass is 32.1. The Morgan fingerprint density at radius 1 is 1.04 bits per heavy atom. The molecule has 47 heavy (non-hydrogen) atoms. The number of carbonyl (C=O) groups is 2. The molecule has 1 aromatic heterocycles. The second-order valence-electron chi connectivity index (χ2n) is 13.7. The third-order valence-corrected chi connectivity index (χ3v) is 11.5. The first-order chi connectivity index (χ1) is 22.9. The molecule has 1 heterocycles. The molecule has 9 heteroatoms. The molecule has 6 rings (SSSR count). The Balaban J connectivity index is 1.29. The van der Waals surface area contributed by atoms with Crippen LogP contribution in [0.4, 0.5) is 0 Å². The van der Waals surface area contributed by atoms with E-state index in [-0.39, 0.29) is 48.3 Å². The molecule has 0 radical (unpaired) electrons. The Labute approximate surface area is 283 Å². The maximum absolute atomic E-state index is 13.8. The average Bonchev–Trinajstić information content (AvgIpc) is 3.83. The zero-order valence-corrected chi connectivity index (χ0v) is 28.7. The minimum absolute atomic E-state index is 0.0195. The lowest BCUT2D eigenvalue weighted by molar-refractivity contribution is -0.128. The van der Waals surface area contributed by atoms with Crippen molar-refractivity contribution < 1.29 is 19.1 Å². The number of carbonyl (C=O) groups excluding carboxylic acids is 2. The number of amides is 2. The van der Waals surface area contributed by atoms with E-state index >= 15 is 0 Å². The summed E-state index contributed by atoms with van der Waals surface area (Å²) < 4.78 is 11.0. The van der Waals surface area contributed by atoms with Gasteiger partial charge in [0.15, 0.2) is 0 Å². The summed E-state index contributed by atoms with van der Waals surface area (Å²) in [6, 6.07) is 14.7. The van der Waals surface area contributed by atoms with Crippen LogP contribution in [0.2, 0.25) is 0 Å². The first-order valence-corrected chi connectivity index (χ1v) is 18.3. The highest BCUT2D eigenvalue weighted by Crippen LogP contribution is 2.45. The van der Waals surface area contributed by atoms with E-state index in [0.29, 0.717) is 19.1 Å². The highest BCUT2D eigenvalue weighted by molar-refractivity contribution is 7.15. The Bertz CT molecular complexity index is 1510. The molecule has 2 amide bonds. The summed E-state index contributed by atoms with van der Waals surface area (Å²) in [5.74, 6) is 1.84. The van der Waals surface area contributed by atoms with Crippen LogP contribution in [-0.2, 0) is 14.3 Å². The minimum Gasteiger partial charge on any atom is -0.496 e. The molecule has 0 aliphatic heterocycles. The Kier molecular flexibility index (Phi) is 11.3. The van der Waals surface area contributed by atoms with Crippen molar-refractivity contribution >= 4 is 23.2 Å². The number of rotatable bonds is 13. The Morgan fingerprint density at radius 3 is 2.62 bits per heavy atom. The fourth-order valence-electron chi connectivity index (χ4n) is 7.63. The van der Waals surface area contributed by atoms with Crippen LogP contribution >= 0.6 is 11.3 Å². The van der Waals surface area contributed by atoms with Crippen LogP contribution in [0, 0.1) is 18.8 Å². The van der Waals surface area contributed by atoms with Gasteiger partial charge in [-0.3, -0.25) is 9.59 Å². The summed E-state index contributed by atoms with van der Waals surface area (Å²) in [7, 11) is 1.69. The number of nitrogens with two attached hydrogens (primary N) is 1. The molecule has 3 aromatic rings. The number of aryl methyl sites for hydroxylation is 1. The first kappa shape index (κ1) is 33.6. The quantitative estimate of drug-likeness (QED) is 0.174. The van der Waals surface area contributed by atoms with E-state index < -0.39 is 0 Å². The van der Waals surface area contributed by atoms with Gasteiger partial charge in [-0.2, -0.15) is 0 Å². The standard InChI is InChI=1S/C38H50N4O4S/c1-24-19-27(14-16-33(24)45-2)31-15-13-30(21-32(31)41-35(43)23-46-18-17-39)36(42-37(44)25-7-4-3-5-8-25)29-10-6-9-28(20-29)34-22-40-38(47-34)26-11-12-26/h6,9-10,14,16,19-20,22,25-26,30-32,36H,3-5,7-8,11-13,15,17-18,21,23,39H2,1-2H3,(H,41,43)(H,42,44). The summed E-state index contributed by atoms with van der Waals surface area (Å²) in [5.41, 5.74) is 10.1. The zero-order valence-electron chi connectivity index (χ0n) is 27.8. The molecular formula is C38H50N4O4S. The molecule has 0 spiro atoms. The molecule has 3 saturated carbocycles. The Morgan fingerprint density at radius 2 is 1.87 bits per heavy atom. The van der Waals surface area contributed by atoms with E-state index in [1.807, 2.05) is 12.3 Å². The van der Waals surface area contributed by atoms with E-state index in [1.54, 1.807) is 18.4 Å². The second kappa shape index (κ2) is 15.8. The van der Waals surface area contributed by atoms with Crippen LogP contribution in [0.15, 0.2) is 48.7 Å². The van der Waals surface area contributed by atoms with Crippen molar-refractivity contribution in [1.29, 1.82) is 0 Å². The molecule has 4 N–H and O–H groups in total. The third kappa shape index (κ3) is 8.42. The number of hydrogen-bond acceptors (Lipinski definition) is 7. The molecule has 252 valence electrons. The molecule has 3 aliphatic rings. The van der Waals surface area contributed by atoms with Crippen molar-refractivity contribution in [2.75, 3.05) is 26.9 Å². The zero-order chi connectivity index (χ0) is 32.8. The van der Waals surface area contributed by atoms with Gasteiger partial charge in [0.05, 0.1) is 29.6 Å². The van der Waals surface area contributed by atoms with Crippen molar-refractivity contribution in [2.24, 2.45) is 17.6 Å². The van der Waals surface area contributed by atoms with E-state index in [4.69, 9.17) is 20.2 Å². The molecule has 4 atom stereocenters. The monoisotopic (exact) mass is 658 g/mol. The van der Waals surface area contributed by atoms with Gasteiger partial charge in [0.2, 0.25) is 11.8 Å². The van der Waals surface area contributed by atoms with Crippen LogP contribution in [0.25, 0.3) is 10.4 Å². The molecular weight excluding hydrogens is 609 g/mol. The summed E-state index contributed by atoms with van der Waals surface area (Å²) in [4.78, 5) is 32.9. The maximum atomic E-state index is 13.8. The Hall–Kier alpha value is -3.27. The fraction of sp³-hybridized carbons (Fsp3) is 0.553. The molecule has 8 nitrogen and oxygen atoms in total. The first-order valence-electron chi connectivity index (χ1n) is 17.5. The van der Waals surface area contributed by atoms with Gasteiger partial charge in [-0.25, -0.2) is 4.98 Å². The van der Waals surface area contributed by atoms with E-state index in [0.717, 1.165) is 67.4 Å². The van der Waals surface area contributed by atoms with Gasteiger partial charge in [-0.15, -0.1) is 11.3 Å². The molecule has 0 bridgehead atoms. The third-order valence-electron chi connectivity index (χ3n) is 10.3. The van der Waals surface area contributed by atoms with E-state index in [9.17, 15) is 9.59 Å². The summed E-state index contributed by atoms with van der Waals surface area (Å²) in [6.07, 6.45) is 12.4. The SMILES string of the molecule is COc1ccc(C2CCC(C(NC(=O)C3CCCCC3)c3cccc(-c4cnc(C5CC5)s4)c3)CC2NC(=O)COCCN)cc1C. The van der Waals surface area contributed by atoms with Gasteiger partial charge in [0.25, 0.3) is 0 Å². The van der Waals surface area contributed by atoms with E-state index in [1.165, 1.54) is 34.7 Å². The van der Waals surface area contributed by atoms with E-state index in [2.05, 4.69) is 54.0 Å². The number of benzene rings is 2. The van der Waals surface area contributed by atoms with Gasteiger partial charge in [-0.05, 0) is 92.2 Å². The predicted molar refractivity (Wildman–Crippen MR) is 187 cm³/mol. The topological polar surface area (TPSA) is 116 Å². The van der Waals surface area contributed by atoms with Crippen molar-refractivity contribution in [3.63, 3.8) is 0 Å². The second-order valence-corrected chi connectivity index (χ2v) is 14.8. The maximum Gasteiger partial charge on any atom is 0.246 e. The highest BCUT2D eigenvalue weighted by Gasteiger charge is 2.38. The van der Waals surface area contributed by atoms with Crippen molar-refractivity contribution in [1.82, 2.24) is 15.6 Å². The van der Waals surface area contributed by atoms with Gasteiger partial charge in [0, 0.05) is 36.5 Å². The molecule has 3 aliphatic carbocycles. The van der Waals surface area contributed by atoms with Gasteiger partial charge in [0.1, 0.15) is 12.4 Å². The van der Waals surface area contributed by atoms with Crippen LogP contribution in [0.5, 0.6) is 5.75 Å². The van der Waals surface area contributed by atoms with Crippen LogP contribution in [0.3, 0.4) is 0 Å². The lowest BCUT2D eigenvalue weighted by Crippen LogP contribution is -2.47. The summed E-state index contributed by atoms with van der Waals surface area (Å²) in [5, 5.41) is 8.12. The number of nitrogens with one attached hydrogen (secondary N) is 2. The van der Waals surface area contributed by atoms with Gasteiger partial charge < -0.3 is 25.8 Å². The van der Waals surface area contributed by atoms with Crippen LogP contribution in [0.1, 0.15) is 104 Å². The molecule has 3 fully saturated rings.